The maximum Gasteiger partial charge on any atom is 0.319 e. The van der Waals surface area contributed by atoms with Gasteiger partial charge in [-0.1, -0.05) is 6.42 Å². The monoisotopic (exact) mass is 333 g/mol. The zero-order valence-corrected chi connectivity index (χ0v) is 14.0. The highest BCUT2D eigenvalue weighted by Gasteiger charge is 2.42. The molecule has 2 bridgehead atoms. The topological polar surface area (TPSA) is 93.5 Å². The highest BCUT2D eigenvalue weighted by atomic mass is 16.6. The Kier molecular flexibility index (Phi) is 4.59. The second kappa shape index (κ2) is 6.67. The van der Waals surface area contributed by atoms with Crippen molar-refractivity contribution in [3.8, 4) is 5.75 Å². The van der Waals surface area contributed by atoms with Crippen molar-refractivity contribution in [2.45, 2.75) is 38.6 Å². The number of carbonyl (C=O) groups excluding carboxylic acids is 1. The number of methoxy groups -OCH3 is 1. The van der Waals surface area contributed by atoms with Crippen LogP contribution in [0.5, 0.6) is 5.75 Å². The molecule has 2 fully saturated rings. The fourth-order valence-electron chi connectivity index (χ4n) is 4.28. The molecule has 130 valence electrons. The van der Waals surface area contributed by atoms with Crippen molar-refractivity contribution in [1.82, 2.24) is 5.32 Å². The fraction of sp³-hybridized carbons (Fsp3) is 0.588. The summed E-state index contributed by atoms with van der Waals surface area (Å²) in [5, 5.41) is 16.5. The summed E-state index contributed by atoms with van der Waals surface area (Å²) in [4.78, 5) is 22.6. The molecule has 2 aliphatic carbocycles. The SMILES string of the molecule is COc1cc([N+](=O)[O-])ccc1NC(=O)N[C@@H](C)[C@H]1C[C@H]2CC[C@H]1C2. The standard InChI is InChI=1S/C17H23N3O4/c1-10(14-8-11-3-4-12(14)7-11)18-17(21)19-15-6-5-13(20(22)23)9-16(15)24-2/h5-6,9-12,14H,3-4,7-8H2,1-2H3,(H2,18,19,21)/t10-,11-,12-,14+/m0/s1. The van der Waals surface area contributed by atoms with Crippen LogP contribution in [0.3, 0.4) is 0 Å². The predicted octanol–water partition coefficient (Wildman–Crippen LogP) is 3.55. The minimum Gasteiger partial charge on any atom is -0.494 e. The van der Waals surface area contributed by atoms with Gasteiger partial charge >= 0.3 is 6.03 Å². The minimum absolute atomic E-state index is 0.0758. The van der Waals surface area contributed by atoms with Gasteiger partial charge in [-0.3, -0.25) is 10.1 Å². The van der Waals surface area contributed by atoms with Gasteiger partial charge < -0.3 is 15.4 Å². The van der Waals surface area contributed by atoms with E-state index in [9.17, 15) is 14.9 Å². The summed E-state index contributed by atoms with van der Waals surface area (Å²) in [5.41, 5.74) is 0.342. The lowest BCUT2D eigenvalue weighted by molar-refractivity contribution is -0.384. The van der Waals surface area contributed by atoms with Crippen LogP contribution in [0.2, 0.25) is 0 Å². The average molecular weight is 333 g/mol. The van der Waals surface area contributed by atoms with Crippen LogP contribution in [0, 0.1) is 27.9 Å². The Labute approximate surface area is 140 Å². The lowest BCUT2D eigenvalue weighted by Gasteiger charge is -2.28. The summed E-state index contributed by atoms with van der Waals surface area (Å²) in [6.45, 7) is 2.05. The lowest BCUT2D eigenvalue weighted by Crippen LogP contribution is -2.42. The van der Waals surface area contributed by atoms with E-state index >= 15 is 0 Å². The molecule has 2 N–H and O–H groups in total. The smallest absolute Gasteiger partial charge is 0.319 e. The number of nitrogens with one attached hydrogen (secondary N) is 2. The second-order valence-corrected chi connectivity index (χ2v) is 6.87. The molecule has 1 aromatic rings. The number of benzene rings is 1. The predicted molar refractivity (Wildman–Crippen MR) is 90.2 cm³/mol. The molecule has 0 aliphatic heterocycles. The molecule has 7 nitrogen and oxygen atoms in total. The first-order valence-electron chi connectivity index (χ1n) is 8.38. The van der Waals surface area contributed by atoms with Crippen molar-refractivity contribution in [2.24, 2.45) is 17.8 Å². The number of nitro groups is 1. The Morgan fingerprint density at radius 2 is 2.17 bits per heavy atom. The molecule has 2 saturated carbocycles. The number of nitrogens with zero attached hydrogens (tertiary/aromatic N) is 1. The van der Waals surface area contributed by atoms with Gasteiger partial charge in [0.1, 0.15) is 5.75 Å². The van der Waals surface area contributed by atoms with Crippen LogP contribution >= 0.6 is 0 Å². The molecule has 0 heterocycles. The first-order chi connectivity index (χ1) is 11.5. The van der Waals surface area contributed by atoms with Gasteiger partial charge in [0.25, 0.3) is 5.69 Å². The molecule has 2 aliphatic rings. The van der Waals surface area contributed by atoms with E-state index in [0.29, 0.717) is 11.6 Å². The summed E-state index contributed by atoms with van der Waals surface area (Å²) in [7, 11) is 1.42. The van der Waals surface area contributed by atoms with Crippen molar-refractivity contribution in [2.75, 3.05) is 12.4 Å². The van der Waals surface area contributed by atoms with Gasteiger partial charge in [0, 0.05) is 12.1 Å². The number of urea groups is 1. The van der Waals surface area contributed by atoms with Crippen molar-refractivity contribution in [1.29, 1.82) is 0 Å². The van der Waals surface area contributed by atoms with Crippen LogP contribution in [0.1, 0.15) is 32.6 Å². The van der Waals surface area contributed by atoms with Gasteiger partial charge in [0.05, 0.1) is 23.8 Å². The molecule has 0 radical (unpaired) electrons. The number of rotatable bonds is 5. The van der Waals surface area contributed by atoms with Crippen LogP contribution in [0.15, 0.2) is 18.2 Å². The number of amides is 2. The number of anilines is 1. The van der Waals surface area contributed by atoms with Crippen LogP contribution in [0.4, 0.5) is 16.2 Å². The lowest BCUT2D eigenvalue weighted by atomic mass is 9.84. The Morgan fingerprint density at radius 3 is 2.75 bits per heavy atom. The van der Waals surface area contributed by atoms with E-state index in [-0.39, 0.29) is 23.5 Å². The van der Waals surface area contributed by atoms with E-state index in [2.05, 4.69) is 17.6 Å². The maximum atomic E-state index is 12.3. The van der Waals surface area contributed by atoms with Gasteiger partial charge in [-0.05, 0) is 50.0 Å². The van der Waals surface area contributed by atoms with E-state index in [1.165, 1.54) is 51.0 Å². The minimum atomic E-state index is -0.496. The van der Waals surface area contributed by atoms with Crippen molar-refractivity contribution in [3.05, 3.63) is 28.3 Å². The zero-order chi connectivity index (χ0) is 17.3. The summed E-state index contributed by atoms with van der Waals surface area (Å²) in [5.74, 6) is 2.39. The largest absolute Gasteiger partial charge is 0.494 e. The Bertz CT molecular complexity index is 649. The third kappa shape index (κ3) is 3.29. The normalized spacial score (nSPS) is 26.0. The molecule has 7 heteroatoms. The number of nitro benzene ring substituents is 1. The molecule has 0 unspecified atom stereocenters. The first-order valence-corrected chi connectivity index (χ1v) is 8.38. The second-order valence-electron chi connectivity index (χ2n) is 6.87. The van der Waals surface area contributed by atoms with Crippen LogP contribution in [-0.4, -0.2) is 24.1 Å². The molecular formula is C17H23N3O4. The van der Waals surface area contributed by atoms with Crippen molar-refractivity contribution < 1.29 is 14.5 Å². The molecule has 2 amide bonds. The van der Waals surface area contributed by atoms with E-state index in [0.717, 1.165) is 11.8 Å². The van der Waals surface area contributed by atoms with E-state index in [1.807, 2.05) is 0 Å². The Morgan fingerprint density at radius 1 is 1.38 bits per heavy atom. The van der Waals surface area contributed by atoms with E-state index < -0.39 is 4.92 Å². The molecule has 4 atom stereocenters. The van der Waals surface area contributed by atoms with Crippen molar-refractivity contribution in [3.63, 3.8) is 0 Å². The number of non-ortho nitro benzene ring substituents is 1. The molecule has 0 aromatic heterocycles. The quantitative estimate of drug-likeness (QED) is 0.636. The molecule has 24 heavy (non-hydrogen) atoms. The number of fused-ring (bicyclic) bond motifs is 2. The highest BCUT2D eigenvalue weighted by Crippen LogP contribution is 2.49. The number of hydrogen-bond acceptors (Lipinski definition) is 4. The summed E-state index contributed by atoms with van der Waals surface area (Å²) < 4.78 is 5.14. The fourth-order valence-corrected chi connectivity index (χ4v) is 4.28. The summed E-state index contributed by atoms with van der Waals surface area (Å²) in [6, 6.07) is 3.94. The van der Waals surface area contributed by atoms with Gasteiger partial charge in [-0.25, -0.2) is 4.79 Å². The molecule has 0 saturated heterocycles. The van der Waals surface area contributed by atoms with E-state index in [1.54, 1.807) is 0 Å². The maximum absolute atomic E-state index is 12.3. The number of ether oxygens (including phenoxy) is 1. The highest BCUT2D eigenvalue weighted by molar-refractivity contribution is 5.91. The third-order valence-electron chi connectivity index (χ3n) is 5.44. The number of carbonyl (C=O) groups is 1. The van der Waals surface area contributed by atoms with Gasteiger partial charge in [-0.15, -0.1) is 0 Å². The first kappa shape index (κ1) is 16.5. The van der Waals surface area contributed by atoms with Crippen LogP contribution in [0.25, 0.3) is 0 Å². The molecule has 0 spiro atoms. The van der Waals surface area contributed by atoms with Crippen LogP contribution < -0.4 is 15.4 Å². The zero-order valence-electron chi connectivity index (χ0n) is 14.0. The van der Waals surface area contributed by atoms with Crippen molar-refractivity contribution >= 4 is 17.4 Å². The van der Waals surface area contributed by atoms with Gasteiger partial charge in [0.2, 0.25) is 0 Å². The summed E-state index contributed by atoms with van der Waals surface area (Å²) >= 11 is 0. The summed E-state index contributed by atoms with van der Waals surface area (Å²) in [6.07, 6.45) is 5.11. The van der Waals surface area contributed by atoms with E-state index in [4.69, 9.17) is 4.74 Å². The average Bonchev–Trinajstić information content (AvgIpc) is 3.17. The molecule has 1 aromatic carbocycles. The van der Waals surface area contributed by atoms with Gasteiger partial charge in [0.15, 0.2) is 0 Å². The molecular weight excluding hydrogens is 310 g/mol. The van der Waals surface area contributed by atoms with Crippen LogP contribution in [-0.2, 0) is 0 Å². The number of hydrogen-bond donors (Lipinski definition) is 2. The van der Waals surface area contributed by atoms with Gasteiger partial charge in [-0.2, -0.15) is 0 Å². The molecule has 3 rings (SSSR count). The Hall–Kier alpha value is -2.31. The Balaban J connectivity index is 1.61. The third-order valence-corrected chi connectivity index (χ3v) is 5.44.